The summed E-state index contributed by atoms with van der Waals surface area (Å²) in [6, 6.07) is 9.98. The SMILES string of the molecule is CCOCNC(C)CC(Cc1ccccc1)NC(=O)CNC(=O)CNC(=O)CCCCCN. The summed E-state index contributed by atoms with van der Waals surface area (Å²) < 4.78 is 5.34. The van der Waals surface area contributed by atoms with Gasteiger partial charge in [0.25, 0.3) is 0 Å². The molecule has 3 amide bonds. The molecule has 0 saturated carbocycles. The summed E-state index contributed by atoms with van der Waals surface area (Å²) in [6.45, 7) is 5.40. The van der Waals surface area contributed by atoms with Crippen molar-refractivity contribution in [1.29, 1.82) is 0 Å². The van der Waals surface area contributed by atoms with Gasteiger partial charge in [-0.2, -0.15) is 0 Å². The predicted octanol–water partition coefficient (Wildman–Crippen LogP) is 0.828. The first-order chi connectivity index (χ1) is 15.9. The van der Waals surface area contributed by atoms with Gasteiger partial charge in [0.15, 0.2) is 0 Å². The van der Waals surface area contributed by atoms with E-state index in [0.717, 1.165) is 24.8 Å². The number of nitrogens with two attached hydrogens (primary N) is 1. The van der Waals surface area contributed by atoms with Crippen molar-refractivity contribution >= 4 is 17.7 Å². The zero-order valence-electron chi connectivity index (χ0n) is 20.0. The van der Waals surface area contributed by atoms with E-state index in [4.69, 9.17) is 10.5 Å². The van der Waals surface area contributed by atoms with Crippen molar-refractivity contribution in [3.05, 3.63) is 35.9 Å². The Hall–Kier alpha value is -2.49. The summed E-state index contributed by atoms with van der Waals surface area (Å²) in [6.07, 6.45) is 4.27. The monoisotopic (exact) mass is 463 g/mol. The molecule has 0 radical (unpaired) electrons. The van der Waals surface area contributed by atoms with E-state index in [1.165, 1.54) is 0 Å². The molecule has 0 bridgehead atoms. The third-order valence-electron chi connectivity index (χ3n) is 5.07. The zero-order valence-corrected chi connectivity index (χ0v) is 20.0. The summed E-state index contributed by atoms with van der Waals surface area (Å²) in [7, 11) is 0. The van der Waals surface area contributed by atoms with Gasteiger partial charge >= 0.3 is 0 Å². The Labute approximate surface area is 197 Å². The van der Waals surface area contributed by atoms with Crippen LogP contribution in [0.1, 0.15) is 51.5 Å². The lowest BCUT2D eigenvalue weighted by molar-refractivity contribution is -0.128. The summed E-state index contributed by atoms with van der Waals surface area (Å²) in [5.41, 5.74) is 6.55. The van der Waals surface area contributed by atoms with E-state index in [1.54, 1.807) is 0 Å². The van der Waals surface area contributed by atoms with Gasteiger partial charge in [-0.25, -0.2) is 0 Å². The molecule has 9 nitrogen and oxygen atoms in total. The fourth-order valence-electron chi connectivity index (χ4n) is 3.30. The summed E-state index contributed by atoms with van der Waals surface area (Å²) in [5, 5.41) is 11.4. The first kappa shape index (κ1) is 28.5. The lowest BCUT2D eigenvalue weighted by atomic mass is 10.00. The number of hydrogen-bond acceptors (Lipinski definition) is 6. The lowest BCUT2D eigenvalue weighted by Gasteiger charge is -2.23. The molecule has 1 aromatic carbocycles. The number of unbranched alkanes of at least 4 members (excludes halogenated alkanes) is 2. The van der Waals surface area contributed by atoms with Gasteiger partial charge in [-0.15, -0.1) is 0 Å². The molecule has 6 N–H and O–H groups in total. The molecule has 0 saturated heterocycles. The van der Waals surface area contributed by atoms with E-state index in [0.29, 0.717) is 39.1 Å². The van der Waals surface area contributed by atoms with E-state index < -0.39 is 5.91 Å². The van der Waals surface area contributed by atoms with E-state index in [2.05, 4.69) is 21.3 Å². The van der Waals surface area contributed by atoms with Crippen LogP contribution in [0.3, 0.4) is 0 Å². The lowest BCUT2D eigenvalue weighted by Crippen LogP contribution is -2.47. The minimum Gasteiger partial charge on any atom is -0.367 e. The number of benzene rings is 1. The maximum atomic E-state index is 12.5. The normalized spacial score (nSPS) is 12.6. The van der Waals surface area contributed by atoms with Crippen LogP contribution >= 0.6 is 0 Å². The summed E-state index contributed by atoms with van der Waals surface area (Å²) in [5.74, 6) is -0.843. The van der Waals surface area contributed by atoms with Crippen LogP contribution in [-0.2, 0) is 25.5 Å². The minimum atomic E-state index is -0.396. The molecule has 0 fully saturated rings. The third kappa shape index (κ3) is 15.1. The van der Waals surface area contributed by atoms with Gasteiger partial charge in [0.05, 0.1) is 19.8 Å². The van der Waals surface area contributed by atoms with Gasteiger partial charge in [0.1, 0.15) is 0 Å². The minimum absolute atomic E-state index is 0.103. The molecule has 2 atom stereocenters. The van der Waals surface area contributed by atoms with Crippen molar-refractivity contribution in [2.75, 3.05) is 33.0 Å². The van der Waals surface area contributed by atoms with Crippen LogP contribution in [-0.4, -0.2) is 62.8 Å². The summed E-state index contributed by atoms with van der Waals surface area (Å²) >= 11 is 0. The quantitative estimate of drug-likeness (QED) is 0.162. The van der Waals surface area contributed by atoms with Crippen LogP contribution in [0.2, 0.25) is 0 Å². The molecule has 1 rings (SSSR count). The van der Waals surface area contributed by atoms with E-state index in [1.807, 2.05) is 44.2 Å². The number of carbonyl (C=O) groups is 3. The molecule has 1 aromatic rings. The van der Waals surface area contributed by atoms with Gasteiger partial charge < -0.3 is 26.4 Å². The molecule has 0 heterocycles. The molecule has 0 aliphatic heterocycles. The summed E-state index contributed by atoms with van der Waals surface area (Å²) in [4.78, 5) is 36.2. The largest absolute Gasteiger partial charge is 0.367 e. The standard InChI is InChI=1S/C24H41N5O4/c1-3-33-18-28-19(2)14-21(15-20-10-6-4-7-11-20)29-24(32)17-27-23(31)16-26-22(30)12-8-5-9-13-25/h4,6-7,10-11,19,21,28H,3,5,8-9,12-18,25H2,1-2H3,(H,26,30)(H,27,31)(H,29,32). The van der Waals surface area contributed by atoms with E-state index >= 15 is 0 Å². The highest BCUT2D eigenvalue weighted by Gasteiger charge is 2.17. The first-order valence-electron chi connectivity index (χ1n) is 11.8. The van der Waals surface area contributed by atoms with Crippen molar-refractivity contribution in [3.8, 4) is 0 Å². The number of rotatable bonds is 18. The highest BCUT2D eigenvalue weighted by atomic mass is 16.5. The molecule has 186 valence electrons. The number of ether oxygens (including phenoxy) is 1. The van der Waals surface area contributed by atoms with Crippen molar-refractivity contribution in [2.24, 2.45) is 5.73 Å². The van der Waals surface area contributed by atoms with E-state index in [-0.39, 0.29) is 37.0 Å². The molecular weight excluding hydrogens is 422 g/mol. The predicted molar refractivity (Wildman–Crippen MR) is 129 cm³/mol. The Balaban J connectivity index is 2.42. The Morgan fingerprint density at radius 3 is 2.36 bits per heavy atom. The Bertz CT molecular complexity index is 687. The smallest absolute Gasteiger partial charge is 0.239 e. The highest BCUT2D eigenvalue weighted by molar-refractivity contribution is 5.88. The fourth-order valence-corrected chi connectivity index (χ4v) is 3.30. The topological polar surface area (TPSA) is 135 Å². The maximum Gasteiger partial charge on any atom is 0.239 e. The van der Waals surface area contributed by atoms with Gasteiger partial charge in [-0.3, -0.25) is 19.7 Å². The third-order valence-corrected chi connectivity index (χ3v) is 5.07. The van der Waals surface area contributed by atoms with Crippen LogP contribution in [0.15, 0.2) is 30.3 Å². The van der Waals surface area contributed by atoms with Crippen molar-refractivity contribution in [2.45, 2.75) is 64.5 Å². The molecule has 0 spiro atoms. The van der Waals surface area contributed by atoms with E-state index in [9.17, 15) is 14.4 Å². The molecule has 0 aliphatic rings. The van der Waals surface area contributed by atoms with Crippen LogP contribution in [0, 0.1) is 0 Å². The number of hydrogen-bond donors (Lipinski definition) is 5. The molecule has 9 heteroatoms. The number of nitrogens with one attached hydrogen (secondary N) is 4. The Kier molecular flexibility index (Phi) is 15.6. The second-order valence-electron chi connectivity index (χ2n) is 8.08. The van der Waals surface area contributed by atoms with Crippen molar-refractivity contribution in [3.63, 3.8) is 0 Å². The van der Waals surface area contributed by atoms with Gasteiger partial charge in [0.2, 0.25) is 17.7 Å². The Morgan fingerprint density at radius 2 is 1.67 bits per heavy atom. The Morgan fingerprint density at radius 1 is 0.970 bits per heavy atom. The average Bonchev–Trinajstić information content (AvgIpc) is 2.80. The average molecular weight is 464 g/mol. The second kappa shape index (κ2) is 18.0. The van der Waals surface area contributed by atoms with Crippen LogP contribution in [0.4, 0.5) is 0 Å². The van der Waals surface area contributed by atoms with Crippen molar-refractivity contribution in [1.82, 2.24) is 21.3 Å². The molecule has 0 aliphatic carbocycles. The maximum absolute atomic E-state index is 12.5. The molecule has 0 aromatic heterocycles. The van der Waals surface area contributed by atoms with Gasteiger partial charge in [0, 0.05) is 25.1 Å². The zero-order chi connectivity index (χ0) is 24.3. The van der Waals surface area contributed by atoms with Gasteiger partial charge in [-0.1, -0.05) is 36.8 Å². The number of amides is 3. The van der Waals surface area contributed by atoms with Gasteiger partial charge in [-0.05, 0) is 51.6 Å². The van der Waals surface area contributed by atoms with Crippen LogP contribution < -0.4 is 27.0 Å². The van der Waals surface area contributed by atoms with Crippen molar-refractivity contribution < 1.29 is 19.1 Å². The molecule has 2 unspecified atom stereocenters. The fraction of sp³-hybridized carbons (Fsp3) is 0.625. The number of carbonyl (C=O) groups excluding carboxylic acids is 3. The molecular formula is C24H41N5O4. The molecule has 33 heavy (non-hydrogen) atoms. The van der Waals surface area contributed by atoms with Crippen LogP contribution in [0.25, 0.3) is 0 Å². The second-order valence-corrected chi connectivity index (χ2v) is 8.08. The van der Waals surface area contributed by atoms with Crippen LogP contribution in [0.5, 0.6) is 0 Å². The highest BCUT2D eigenvalue weighted by Crippen LogP contribution is 2.08. The first-order valence-corrected chi connectivity index (χ1v) is 11.8.